The molecule has 1 heterocycles. The number of hydrogen-bond acceptors (Lipinski definition) is 5. The van der Waals surface area contributed by atoms with Crippen LogP contribution < -0.4 is 5.73 Å². The Labute approximate surface area is 100 Å². The van der Waals surface area contributed by atoms with Crippen molar-refractivity contribution in [3.63, 3.8) is 0 Å². The van der Waals surface area contributed by atoms with Gasteiger partial charge in [0.05, 0.1) is 0 Å². The first-order valence-corrected chi connectivity index (χ1v) is 7.48. The fraction of sp³-hybridized carbons (Fsp3) is 0.444. The van der Waals surface area contributed by atoms with Crippen molar-refractivity contribution in [1.82, 2.24) is 9.29 Å². The zero-order valence-corrected chi connectivity index (χ0v) is 10.9. The number of thioether (sulfide) groups is 1. The van der Waals surface area contributed by atoms with Gasteiger partial charge in [0.15, 0.2) is 0 Å². The standard InChI is InChI=1S/C9H15N3O2S2/c1-12(5-6-15-2)16(13,14)8-3-4-9(10)11-7-8/h3-4,7H,5-6H2,1-2H3,(H2,10,11). The molecular weight excluding hydrogens is 246 g/mol. The van der Waals surface area contributed by atoms with Crippen LogP contribution in [0.3, 0.4) is 0 Å². The molecule has 0 radical (unpaired) electrons. The third kappa shape index (κ3) is 3.10. The molecule has 0 unspecified atom stereocenters. The summed E-state index contributed by atoms with van der Waals surface area (Å²) in [6, 6.07) is 2.95. The van der Waals surface area contributed by atoms with Crippen LogP contribution in [0.2, 0.25) is 0 Å². The van der Waals surface area contributed by atoms with Gasteiger partial charge in [0.2, 0.25) is 10.0 Å². The topological polar surface area (TPSA) is 76.3 Å². The minimum Gasteiger partial charge on any atom is -0.384 e. The zero-order valence-electron chi connectivity index (χ0n) is 9.25. The number of nitrogen functional groups attached to an aromatic ring is 1. The molecular formula is C9H15N3O2S2. The summed E-state index contributed by atoms with van der Waals surface area (Å²) in [6.07, 6.45) is 3.21. The molecule has 0 saturated carbocycles. The molecule has 0 atom stereocenters. The van der Waals surface area contributed by atoms with E-state index in [1.807, 2.05) is 6.26 Å². The maximum atomic E-state index is 12.0. The summed E-state index contributed by atoms with van der Waals surface area (Å²) in [5, 5.41) is 0. The van der Waals surface area contributed by atoms with Crippen LogP contribution in [0.25, 0.3) is 0 Å². The Hall–Kier alpha value is -0.790. The second-order valence-corrected chi connectivity index (χ2v) is 6.27. The van der Waals surface area contributed by atoms with Crippen LogP contribution in [-0.4, -0.2) is 43.3 Å². The lowest BCUT2D eigenvalue weighted by Gasteiger charge is -2.16. The molecule has 0 aliphatic heterocycles. The maximum absolute atomic E-state index is 12.0. The summed E-state index contributed by atoms with van der Waals surface area (Å²) >= 11 is 1.60. The SMILES string of the molecule is CSCCN(C)S(=O)(=O)c1ccc(N)nc1. The molecule has 0 aliphatic rings. The van der Waals surface area contributed by atoms with Crippen LogP contribution in [0.15, 0.2) is 23.2 Å². The summed E-state index contributed by atoms with van der Waals surface area (Å²) in [5.74, 6) is 1.07. The van der Waals surface area contributed by atoms with E-state index in [1.54, 1.807) is 18.8 Å². The lowest BCUT2D eigenvalue weighted by atomic mass is 10.5. The lowest BCUT2D eigenvalue weighted by Crippen LogP contribution is -2.29. The van der Waals surface area contributed by atoms with Crippen LogP contribution in [0.4, 0.5) is 5.82 Å². The van der Waals surface area contributed by atoms with Crippen molar-refractivity contribution < 1.29 is 8.42 Å². The molecule has 1 aromatic rings. The highest BCUT2D eigenvalue weighted by Crippen LogP contribution is 2.14. The number of hydrogen-bond donors (Lipinski definition) is 1. The second-order valence-electron chi connectivity index (χ2n) is 3.24. The summed E-state index contributed by atoms with van der Waals surface area (Å²) in [6.45, 7) is 0.480. The summed E-state index contributed by atoms with van der Waals surface area (Å²) in [4.78, 5) is 3.95. The smallest absolute Gasteiger partial charge is 0.244 e. The predicted octanol–water partition coefficient (Wildman–Crippen LogP) is 0.647. The summed E-state index contributed by atoms with van der Waals surface area (Å²) in [7, 11) is -1.87. The van der Waals surface area contributed by atoms with Crippen molar-refractivity contribution in [2.75, 3.05) is 31.3 Å². The highest BCUT2D eigenvalue weighted by atomic mass is 32.2. The molecule has 0 fully saturated rings. The molecule has 5 nitrogen and oxygen atoms in total. The minimum absolute atomic E-state index is 0.172. The highest BCUT2D eigenvalue weighted by Gasteiger charge is 2.20. The predicted molar refractivity (Wildman–Crippen MR) is 66.8 cm³/mol. The molecule has 7 heteroatoms. The average molecular weight is 261 g/mol. The van der Waals surface area contributed by atoms with E-state index >= 15 is 0 Å². The Morgan fingerprint density at radius 1 is 1.50 bits per heavy atom. The van der Waals surface area contributed by atoms with Crippen molar-refractivity contribution in [2.45, 2.75) is 4.90 Å². The lowest BCUT2D eigenvalue weighted by molar-refractivity contribution is 0.488. The van der Waals surface area contributed by atoms with Crippen LogP contribution in [-0.2, 0) is 10.0 Å². The van der Waals surface area contributed by atoms with Crippen LogP contribution >= 0.6 is 11.8 Å². The number of pyridine rings is 1. The second kappa shape index (κ2) is 5.51. The molecule has 1 rings (SSSR count). The Balaban J connectivity index is 2.89. The van der Waals surface area contributed by atoms with Crippen LogP contribution in [0.1, 0.15) is 0 Å². The van der Waals surface area contributed by atoms with Gasteiger partial charge in [-0.3, -0.25) is 0 Å². The first-order valence-electron chi connectivity index (χ1n) is 4.65. The van der Waals surface area contributed by atoms with Gasteiger partial charge in [0.1, 0.15) is 10.7 Å². The molecule has 0 aliphatic carbocycles. The molecule has 2 N–H and O–H groups in total. The Morgan fingerprint density at radius 3 is 2.69 bits per heavy atom. The van der Waals surface area contributed by atoms with E-state index in [-0.39, 0.29) is 4.90 Å². The highest BCUT2D eigenvalue weighted by molar-refractivity contribution is 7.98. The average Bonchev–Trinajstić information content (AvgIpc) is 2.26. The van der Waals surface area contributed by atoms with Crippen molar-refractivity contribution in [3.8, 4) is 0 Å². The number of nitrogens with two attached hydrogens (primary N) is 1. The van der Waals surface area contributed by atoms with E-state index in [1.165, 1.54) is 22.6 Å². The Bertz CT molecular complexity index is 431. The van der Waals surface area contributed by atoms with Gasteiger partial charge in [-0.2, -0.15) is 11.8 Å². The normalized spacial score (nSPS) is 11.9. The van der Waals surface area contributed by atoms with Gasteiger partial charge >= 0.3 is 0 Å². The van der Waals surface area contributed by atoms with E-state index in [4.69, 9.17) is 5.73 Å². The van der Waals surface area contributed by atoms with E-state index < -0.39 is 10.0 Å². The van der Waals surface area contributed by atoms with Crippen molar-refractivity contribution in [1.29, 1.82) is 0 Å². The van der Waals surface area contributed by atoms with Crippen LogP contribution in [0, 0.1) is 0 Å². The van der Waals surface area contributed by atoms with Crippen molar-refractivity contribution in [2.24, 2.45) is 0 Å². The number of nitrogens with zero attached hydrogens (tertiary/aromatic N) is 2. The first kappa shape index (κ1) is 13.3. The fourth-order valence-electron chi connectivity index (χ4n) is 1.06. The van der Waals surface area contributed by atoms with Gasteiger partial charge in [-0.05, 0) is 18.4 Å². The third-order valence-corrected chi connectivity index (χ3v) is 4.51. The third-order valence-electron chi connectivity index (χ3n) is 2.08. The zero-order chi connectivity index (χ0) is 12.2. The monoisotopic (exact) mass is 261 g/mol. The molecule has 0 saturated heterocycles. The molecule has 0 amide bonds. The quantitative estimate of drug-likeness (QED) is 0.842. The van der Waals surface area contributed by atoms with Gasteiger partial charge in [0, 0.05) is 25.5 Å². The van der Waals surface area contributed by atoms with Crippen LogP contribution in [0.5, 0.6) is 0 Å². The van der Waals surface area contributed by atoms with Gasteiger partial charge in [0.25, 0.3) is 0 Å². The molecule has 0 bridgehead atoms. The van der Waals surface area contributed by atoms with E-state index in [0.29, 0.717) is 12.4 Å². The molecule has 90 valence electrons. The largest absolute Gasteiger partial charge is 0.384 e. The molecule has 1 aromatic heterocycles. The number of sulfonamides is 1. The molecule has 16 heavy (non-hydrogen) atoms. The fourth-order valence-corrected chi connectivity index (χ4v) is 2.75. The number of anilines is 1. The Morgan fingerprint density at radius 2 is 2.19 bits per heavy atom. The number of rotatable bonds is 5. The maximum Gasteiger partial charge on any atom is 0.244 e. The Kier molecular flexibility index (Phi) is 4.57. The van der Waals surface area contributed by atoms with Gasteiger partial charge < -0.3 is 5.73 Å². The van der Waals surface area contributed by atoms with Crippen molar-refractivity contribution >= 4 is 27.6 Å². The van der Waals surface area contributed by atoms with Gasteiger partial charge in [-0.1, -0.05) is 0 Å². The molecule has 0 aromatic carbocycles. The first-order chi connectivity index (χ1) is 7.48. The minimum atomic E-state index is -3.43. The van der Waals surface area contributed by atoms with Crippen molar-refractivity contribution in [3.05, 3.63) is 18.3 Å². The van der Waals surface area contributed by atoms with E-state index in [0.717, 1.165) is 5.75 Å². The number of aromatic nitrogens is 1. The molecule has 0 spiro atoms. The summed E-state index contributed by atoms with van der Waals surface area (Å²) < 4.78 is 25.3. The van der Waals surface area contributed by atoms with Gasteiger partial charge in [-0.15, -0.1) is 0 Å². The van der Waals surface area contributed by atoms with E-state index in [9.17, 15) is 8.42 Å². The van der Waals surface area contributed by atoms with Gasteiger partial charge in [-0.25, -0.2) is 17.7 Å². The summed E-state index contributed by atoms with van der Waals surface area (Å²) in [5.41, 5.74) is 5.40. The van der Waals surface area contributed by atoms with E-state index in [2.05, 4.69) is 4.98 Å².